The average Bonchev–Trinajstić information content (AvgIpc) is 2.94. The van der Waals surface area contributed by atoms with E-state index in [0.717, 1.165) is 21.2 Å². The van der Waals surface area contributed by atoms with Gasteiger partial charge in [-0.05, 0) is 35.0 Å². The van der Waals surface area contributed by atoms with E-state index in [2.05, 4.69) is 31.3 Å². The summed E-state index contributed by atoms with van der Waals surface area (Å²) < 4.78 is 4.39. The normalized spacial score (nSPS) is 11.0. The molecule has 0 aliphatic carbocycles. The van der Waals surface area contributed by atoms with Gasteiger partial charge < -0.3 is 4.57 Å². The lowest BCUT2D eigenvalue weighted by Gasteiger charge is -2.06. The molecule has 2 heterocycles. The zero-order valence-corrected chi connectivity index (χ0v) is 13.3. The highest BCUT2D eigenvalue weighted by atomic mass is 79.9. The van der Waals surface area contributed by atoms with Crippen LogP contribution in [0.1, 0.15) is 5.69 Å². The van der Waals surface area contributed by atoms with Gasteiger partial charge in [-0.1, -0.05) is 12.1 Å². The molecule has 0 fully saturated rings. The lowest BCUT2D eigenvalue weighted by atomic mass is 10.3. The number of imidazole rings is 1. The molecule has 0 bridgehead atoms. The Hall–Kier alpha value is -2.15. The van der Waals surface area contributed by atoms with Gasteiger partial charge in [-0.2, -0.15) is 5.10 Å². The Morgan fingerprint density at radius 3 is 2.81 bits per heavy atom. The maximum absolute atomic E-state index is 12.1. The molecule has 0 atom stereocenters. The number of hydrogen-bond acceptors (Lipinski definition) is 3. The molecule has 2 aromatic heterocycles. The minimum Gasteiger partial charge on any atom is -0.313 e. The summed E-state index contributed by atoms with van der Waals surface area (Å²) in [4.78, 5) is 16.5. The number of nitrogens with zero attached hydrogens (tertiary/aromatic N) is 4. The SMILES string of the molecule is Cc1c(Br)cnn1CC(=O)Nc1nc2ccccc2n1C. The molecular formula is C14H14BrN5O. The van der Waals surface area contributed by atoms with E-state index in [1.165, 1.54) is 0 Å². The molecule has 6 nitrogen and oxygen atoms in total. The van der Waals surface area contributed by atoms with Gasteiger partial charge >= 0.3 is 0 Å². The van der Waals surface area contributed by atoms with Crippen molar-refractivity contribution in [1.82, 2.24) is 19.3 Å². The summed E-state index contributed by atoms with van der Waals surface area (Å²) in [5, 5.41) is 6.97. The predicted octanol–water partition coefficient (Wildman–Crippen LogP) is 2.48. The maximum Gasteiger partial charge on any atom is 0.248 e. The van der Waals surface area contributed by atoms with Crippen LogP contribution in [0, 0.1) is 6.92 Å². The number of nitrogens with one attached hydrogen (secondary N) is 1. The molecule has 0 unspecified atom stereocenters. The third-order valence-corrected chi connectivity index (χ3v) is 4.15. The molecule has 7 heteroatoms. The summed E-state index contributed by atoms with van der Waals surface area (Å²) in [6.07, 6.45) is 1.68. The molecule has 0 aliphatic heterocycles. The third-order valence-electron chi connectivity index (χ3n) is 3.38. The number of carbonyl (C=O) groups excluding carboxylic acids is 1. The van der Waals surface area contributed by atoms with E-state index in [4.69, 9.17) is 0 Å². The zero-order chi connectivity index (χ0) is 15.0. The molecule has 1 aromatic carbocycles. The van der Waals surface area contributed by atoms with Gasteiger partial charge in [-0.3, -0.25) is 14.8 Å². The summed E-state index contributed by atoms with van der Waals surface area (Å²) in [5.74, 6) is 0.372. The van der Waals surface area contributed by atoms with Crippen molar-refractivity contribution in [2.45, 2.75) is 13.5 Å². The molecule has 0 saturated carbocycles. The minimum absolute atomic E-state index is 0.153. The fraction of sp³-hybridized carbons (Fsp3) is 0.214. The maximum atomic E-state index is 12.1. The molecule has 0 spiro atoms. The van der Waals surface area contributed by atoms with Crippen LogP contribution in [0.25, 0.3) is 11.0 Å². The van der Waals surface area contributed by atoms with Gasteiger partial charge in [0.15, 0.2) is 0 Å². The average molecular weight is 348 g/mol. The summed E-state index contributed by atoms with van der Waals surface area (Å²) in [7, 11) is 1.88. The van der Waals surface area contributed by atoms with Crippen LogP contribution >= 0.6 is 15.9 Å². The Kier molecular flexibility index (Phi) is 3.50. The lowest BCUT2D eigenvalue weighted by molar-refractivity contribution is -0.117. The molecule has 0 radical (unpaired) electrons. The van der Waals surface area contributed by atoms with Crippen molar-refractivity contribution in [2.75, 3.05) is 5.32 Å². The highest BCUT2D eigenvalue weighted by Crippen LogP contribution is 2.18. The first-order chi connectivity index (χ1) is 10.1. The van der Waals surface area contributed by atoms with Crippen LogP contribution in [0.5, 0.6) is 0 Å². The highest BCUT2D eigenvalue weighted by Gasteiger charge is 2.12. The van der Waals surface area contributed by atoms with Gasteiger partial charge in [-0.15, -0.1) is 0 Å². The summed E-state index contributed by atoms with van der Waals surface area (Å²) >= 11 is 3.38. The molecule has 3 aromatic rings. The molecule has 0 aliphatic rings. The van der Waals surface area contributed by atoms with Crippen LogP contribution in [-0.2, 0) is 18.4 Å². The van der Waals surface area contributed by atoms with Crippen LogP contribution in [0.2, 0.25) is 0 Å². The topological polar surface area (TPSA) is 64.7 Å². The molecule has 21 heavy (non-hydrogen) atoms. The number of aryl methyl sites for hydroxylation is 1. The van der Waals surface area contributed by atoms with Crippen LogP contribution in [0.3, 0.4) is 0 Å². The minimum atomic E-state index is -0.160. The number of aromatic nitrogens is 4. The van der Waals surface area contributed by atoms with Crippen molar-refractivity contribution >= 4 is 38.8 Å². The summed E-state index contributed by atoms with van der Waals surface area (Å²) in [6, 6.07) is 7.75. The fourth-order valence-electron chi connectivity index (χ4n) is 2.14. The van der Waals surface area contributed by atoms with Gasteiger partial charge in [0.2, 0.25) is 11.9 Å². The number of hydrogen-bond donors (Lipinski definition) is 1. The van der Waals surface area contributed by atoms with Gasteiger partial charge in [0.05, 0.1) is 27.4 Å². The Labute approximate surface area is 129 Å². The molecule has 1 N–H and O–H groups in total. The number of halogens is 1. The van der Waals surface area contributed by atoms with Crippen molar-refractivity contribution in [2.24, 2.45) is 7.05 Å². The predicted molar refractivity (Wildman–Crippen MR) is 84.0 cm³/mol. The van der Waals surface area contributed by atoms with Crippen LogP contribution in [0.4, 0.5) is 5.95 Å². The summed E-state index contributed by atoms with van der Waals surface area (Å²) in [5.41, 5.74) is 2.74. The first kappa shape index (κ1) is 13.8. The van der Waals surface area contributed by atoms with E-state index in [1.54, 1.807) is 10.9 Å². The van der Waals surface area contributed by atoms with Crippen LogP contribution in [0.15, 0.2) is 34.9 Å². The Balaban J connectivity index is 1.80. The number of anilines is 1. The van der Waals surface area contributed by atoms with Crippen LogP contribution < -0.4 is 5.32 Å². The number of rotatable bonds is 3. The second-order valence-electron chi connectivity index (χ2n) is 4.77. The molecule has 0 saturated heterocycles. The first-order valence-corrected chi connectivity index (χ1v) is 7.25. The standard InChI is InChI=1S/C14H14BrN5O/c1-9-10(15)7-16-20(9)8-13(21)18-14-17-11-5-3-4-6-12(11)19(14)2/h3-7H,8H2,1-2H3,(H,17,18,21). The number of para-hydroxylation sites is 2. The number of carbonyl (C=O) groups is 1. The van der Waals surface area contributed by atoms with E-state index >= 15 is 0 Å². The lowest BCUT2D eigenvalue weighted by Crippen LogP contribution is -2.21. The highest BCUT2D eigenvalue weighted by molar-refractivity contribution is 9.10. The number of fused-ring (bicyclic) bond motifs is 1. The molecular weight excluding hydrogens is 334 g/mol. The van der Waals surface area contributed by atoms with Crippen molar-refractivity contribution in [3.63, 3.8) is 0 Å². The van der Waals surface area contributed by atoms with Gasteiger partial charge in [0, 0.05) is 7.05 Å². The van der Waals surface area contributed by atoms with Crippen LogP contribution in [-0.4, -0.2) is 25.2 Å². The van der Waals surface area contributed by atoms with Gasteiger partial charge in [0.1, 0.15) is 6.54 Å². The Morgan fingerprint density at radius 2 is 2.14 bits per heavy atom. The third kappa shape index (κ3) is 2.56. The fourth-order valence-corrected chi connectivity index (χ4v) is 2.44. The Bertz CT molecular complexity index is 820. The van der Waals surface area contributed by atoms with Gasteiger partial charge in [0.25, 0.3) is 0 Å². The second-order valence-corrected chi connectivity index (χ2v) is 5.62. The zero-order valence-electron chi connectivity index (χ0n) is 11.7. The van der Waals surface area contributed by atoms with Crippen molar-refractivity contribution in [3.05, 3.63) is 40.6 Å². The Morgan fingerprint density at radius 1 is 1.38 bits per heavy atom. The van der Waals surface area contributed by atoms with E-state index < -0.39 is 0 Å². The van der Waals surface area contributed by atoms with Crippen molar-refractivity contribution < 1.29 is 4.79 Å². The van der Waals surface area contributed by atoms with Crippen molar-refractivity contribution in [3.8, 4) is 0 Å². The molecule has 1 amide bonds. The monoisotopic (exact) mass is 347 g/mol. The van der Waals surface area contributed by atoms with E-state index in [-0.39, 0.29) is 12.5 Å². The van der Waals surface area contributed by atoms with E-state index in [9.17, 15) is 4.79 Å². The smallest absolute Gasteiger partial charge is 0.248 e. The van der Waals surface area contributed by atoms with Gasteiger partial charge in [-0.25, -0.2) is 4.98 Å². The number of benzene rings is 1. The molecule has 108 valence electrons. The largest absolute Gasteiger partial charge is 0.313 e. The van der Waals surface area contributed by atoms with E-state index in [0.29, 0.717) is 5.95 Å². The first-order valence-electron chi connectivity index (χ1n) is 6.45. The quantitative estimate of drug-likeness (QED) is 0.791. The van der Waals surface area contributed by atoms with Crippen molar-refractivity contribution in [1.29, 1.82) is 0 Å². The molecule has 3 rings (SSSR count). The number of amides is 1. The second kappa shape index (κ2) is 5.33. The van der Waals surface area contributed by atoms with E-state index in [1.807, 2.05) is 42.8 Å². The summed E-state index contributed by atoms with van der Waals surface area (Å²) in [6.45, 7) is 2.06.